The molecule has 0 aliphatic heterocycles. The third-order valence-corrected chi connectivity index (χ3v) is 3.98. The third kappa shape index (κ3) is 3.41. The van der Waals surface area contributed by atoms with Crippen molar-refractivity contribution in [1.82, 2.24) is 24.5 Å². The Kier molecular flexibility index (Phi) is 4.94. The van der Waals surface area contributed by atoms with Gasteiger partial charge < -0.3 is 10.5 Å². The number of carbonyl (C=O) groups is 1. The molecule has 0 unspecified atom stereocenters. The van der Waals surface area contributed by atoms with E-state index in [2.05, 4.69) is 15.2 Å². The highest BCUT2D eigenvalue weighted by Gasteiger charge is 2.21. The number of primary amides is 1. The molecule has 3 aromatic rings. The van der Waals surface area contributed by atoms with Gasteiger partial charge in [-0.15, -0.1) is 5.10 Å². The van der Waals surface area contributed by atoms with Gasteiger partial charge in [-0.1, -0.05) is 11.6 Å². The van der Waals surface area contributed by atoms with Gasteiger partial charge in [0, 0.05) is 17.3 Å². The van der Waals surface area contributed by atoms with Crippen molar-refractivity contribution in [2.45, 2.75) is 26.3 Å². The molecule has 136 valence electrons. The van der Waals surface area contributed by atoms with E-state index in [0.717, 1.165) is 5.69 Å². The summed E-state index contributed by atoms with van der Waals surface area (Å²) in [7, 11) is 1.56. The van der Waals surface area contributed by atoms with Gasteiger partial charge in [0.1, 0.15) is 17.1 Å². The second kappa shape index (κ2) is 7.17. The predicted molar refractivity (Wildman–Crippen MR) is 97.4 cm³/mol. The van der Waals surface area contributed by atoms with Crippen LogP contribution in [-0.4, -0.2) is 37.6 Å². The van der Waals surface area contributed by atoms with E-state index in [9.17, 15) is 4.79 Å². The number of aromatic nitrogens is 5. The number of hydrogen-bond donors (Lipinski definition) is 1. The van der Waals surface area contributed by atoms with E-state index in [4.69, 9.17) is 22.1 Å². The fourth-order valence-electron chi connectivity index (χ4n) is 2.65. The Morgan fingerprint density at radius 2 is 2.12 bits per heavy atom. The van der Waals surface area contributed by atoms with E-state index in [0.29, 0.717) is 28.1 Å². The van der Waals surface area contributed by atoms with Gasteiger partial charge in [0.15, 0.2) is 11.6 Å². The summed E-state index contributed by atoms with van der Waals surface area (Å²) in [6.45, 7) is 4.03. The quantitative estimate of drug-likeness (QED) is 0.713. The number of benzene rings is 1. The van der Waals surface area contributed by atoms with Crippen molar-refractivity contribution in [2.75, 3.05) is 7.11 Å². The molecule has 0 bridgehead atoms. The Balaban J connectivity index is 2.24. The lowest BCUT2D eigenvalue weighted by atomic mass is 10.2. The largest absolute Gasteiger partial charge is 0.494 e. The van der Waals surface area contributed by atoms with Gasteiger partial charge in [0.05, 0.1) is 13.5 Å². The summed E-state index contributed by atoms with van der Waals surface area (Å²) in [6, 6.07) is 7.15. The molecule has 0 atom stereocenters. The molecular formula is C17H19ClN6O2. The van der Waals surface area contributed by atoms with Crippen LogP contribution in [0.15, 0.2) is 30.5 Å². The maximum Gasteiger partial charge on any atom is 0.225 e. The lowest BCUT2D eigenvalue weighted by molar-refractivity contribution is -0.117. The Hall–Kier alpha value is -2.87. The van der Waals surface area contributed by atoms with Crippen LogP contribution in [0.4, 0.5) is 0 Å². The number of ether oxygens (including phenoxy) is 1. The fourth-order valence-corrected chi connectivity index (χ4v) is 2.82. The number of hydrogen-bond acceptors (Lipinski definition) is 5. The summed E-state index contributed by atoms with van der Waals surface area (Å²) in [5.41, 5.74) is 6.67. The lowest BCUT2D eigenvalue weighted by Crippen LogP contribution is -2.14. The van der Waals surface area contributed by atoms with Gasteiger partial charge in [0.2, 0.25) is 5.91 Å². The van der Waals surface area contributed by atoms with Gasteiger partial charge in [-0.3, -0.25) is 9.48 Å². The SMILES string of the molecule is COc1ccc(Cl)cc1-n1nc(CC(N)=O)nc1-c1ccnn1C(C)C. The maximum atomic E-state index is 11.3. The van der Waals surface area contributed by atoms with Crippen LogP contribution in [-0.2, 0) is 11.2 Å². The molecule has 0 fully saturated rings. The van der Waals surface area contributed by atoms with E-state index in [1.54, 1.807) is 36.2 Å². The van der Waals surface area contributed by atoms with Crippen molar-refractivity contribution < 1.29 is 9.53 Å². The first-order valence-electron chi connectivity index (χ1n) is 8.02. The van der Waals surface area contributed by atoms with E-state index >= 15 is 0 Å². The number of carbonyl (C=O) groups excluding carboxylic acids is 1. The lowest BCUT2D eigenvalue weighted by Gasteiger charge is -2.13. The first-order valence-corrected chi connectivity index (χ1v) is 8.40. The molecule has 8 nitrogen and oxygen atoms in total. The smallest absolute Gasteiger partial charge is 0.225 e. The summed E-state index contributed by atoms with van der Waals surface area (Å²) in [6.07, 6.45) is 1.62. The highest BCUT2D eigenvalue weighted by molar-refractivity contribution is 6.30. The third-order valence-electron chi connectivity index (χ3n) is 3.74. The Bertz CT molecular complexity index is 947. The van der Waals surface area contributed by atoms with Crippen LogP contribution in [0.3, 0.4) is 0 Å². The first kappa shape index (κ1) is 17.9. The highest BCUT2D eigenvalue weighted by Crippen LogP contribution is 2.30. The van der Waals surface area contributed by atoms with E-state index in [-0.39, 0.29) is 12.5 Å². The van der Waals surface area contributed by atoms with Crippen LogP contribution < -0.4 is 10.5 Å². The number of amides is 1. The minimum Gasteiger partial charge on any atom is -0.494 e. The number of halogens is 1. The normalized spacial score (nSPS) is 11.1. The molecule has 2 N–H and O–H groups in total. The summed E-state index contributed by atoms with van der Waals surface area (Å²) in [4.78, 5) is 15.8. The molecule has 3 rings (SSSR count). The number of rotatable bonds is 6. The Morgan fingerprint density at radius 3 is 2.77 bits per heavy atom. The predicted octanol–water partition coefficient (Wildman–Crippen LogP) is 2.40. The molecular weight excluding hydrogens is 356 g/mol. The number of nitrogens with two attached hydrogens (primary N) is 1. The zero-order valence-corrected chi connectivity index (χ0v) is 15.4. The molecule has 0 spiro atoms. The fraction of sp³-hybridized carbons (Fsp3) is 0.294. The van der Waals surface area contributed by atoms with Crippen LogP contribution in [0.2, 0.25) is 5.02 Å². The van der Waals surface area contributed by atoms with Crippen LogP contribution in [0.25, 0.3) is 17.2 Å². The number of nitrogens with zero attached hydrogens (tertiary/aromatic N) is 5. The van der Waals surface area contributed by atoms with Crippen molar-refractivity contribution in [3.05, 3.63) is 41.3 Å². The van der Waals surface area contributed by atoms with Crippen LogP contribution >= 0.6 is 11.6 Å². The summed E-state index contributed by atoms with van der Waals surface area (Å²) in [5, 5.41) is 9.32. The van der Waals surface area contributed by atoms with E-state index < -0.39 is 5.91 Å². The average Bonchev–Trinajstić information content (AvgIpc) is 3.20. The Labute approximate surface area is 155 Å². The molecule has 0 radical (unpaired) electrons. The number of methoxy groups -OCH3 is 1. The topological polar surface area (TPSA) is 101 Å². The van der Waals surface area contributed by atoms with Crippen LogP contribution in [0, 0.1) is 0 Å². The van der Waals surface area contributed by atoms with E-state index in [1.807, 2.05) is 24.6 Å². The zero-order valence-electron chi connectivity index (χ0n) is 14.7. The van der Waals surface area contributed by atoms with Crippen LogP contribution in [0.1, 0.15) is 25.7 Å². The van der Waals surface area contributed by atoms with Crippen molar-refractivity contribution in [3.8, 4) is 23.0 Å². The molecule has 0 saturated heterocycles. The average molecular weight is 375 g/mol. The second-order valence-corrected chi connectivity index (χ2v) is 6.41. The molecule has 26 heavy (non-hydrogen) atoms. The van der Waals surface area contributed by atoms with Crippen molar-refractivity contribution in [2.24, 2.45) is 5.73 Å². The molecule has 9 heteroatoms. The van der Waals surface area contributed by atoms with Gasteiger partial charge in [0.25, 0.3) is 0 Å². The van der Waals surface area contributed by atoms with Gasteiger partial charge in [-0.25, -0.2) is 9.67 Å². The van der Waals surface area contributed by atoms with Crippen molar-refractivity contribution in [3.63, 3.8) is 0 Å². The van der Waals surface area contributed by atoms with Crippen LogP contribution in [0.5, 0.6) is 5.75 Å². The second-order valence-electron chi connectivity index (χ2n) is 5.98. The van der Waals surface area contributed by atoms with Gasteiger partial charge in [-0.05, 0) is 38.1 Å². The molecule has 2 aromatic heterocycles. The molecule has 0 saturated carbocycles. The summed E-state index contributed by atoms with van der Waals surface area (Å²) < 4.78 is 8.85. The monoisotopic (exact) mass is 374 g/mol. The van der Waals surface area contributed by atoms with Crippen molar-refractivity contribution >= 4 is 17.5 Å². The minimum absolute atomic E-state index is 0.0707. The van der Waals surface area contributed by atoms with Crippen molar-refractivity contribution in [1.29, 1.82) is 0 Å². The van der Waals surface area contributed by atoms with Gasteiger partial charge in [-0.2, -0.15) is 5.10 Å². The van der Waals surface area contributed by atoms with Gasteiger partial charge >= 0.3 is 0 Å². The summed E-state index contributed by atoms with van der Waals surface area (Å²) in [5.74, 6) is 0.893. The summed E-state index contributed by atoms with van der Waals surface area (Å²) >= 11 is 6.17. The minimum atomic E-state index is -0.510. The molecule has 2 heterocycles. The molecule has 0 aliphatic carbocycles. The van der Waals surface area contributed by atoms with E-state index in [1.165, 1.54) is 0 Å². The first-order chi connectivity index (χ1) is 12.4. The Morgan fingerprint density at radius 1 is 1.35 bits per heavy atom. The molecule has 1 aromatic carbocycles. The molecule has 0 aliphatic rings. The maximum absolute atomic E-state index is 11.3. The highest BCUT2D eigenvalue weighted by atomic mass is 35.5. The molecule has 1 amide bonds. The zero-order chi connectivity index (χ0) is 18.8. The standard InChI is InChI=1S/C17H19ClN6O2/c1-10(2)23-12(6-7-20-23)17-21-16(9-15(19)25)22-24(17)13-8-11(18)4-5-14(13)26-3/h4-8,10H,9H2,1-3H3,(H2,19,25).